The van der Waals surface area contributed by atoms with Gasteiger partial charge in [0.2, 0.25) is 5.91 Å². The summed E-state index contributed by atoms with van der Waals surface area (Å²) in [7, 11) is 0. The minimum Gasteiger partial charge on any atom is -0.481 e. The zero-order chi connectivity index (χ0) is 23.8. The van der Waals surface area contributed by atoms with E-state index in [1.165, 1.54) is 12.8 Å². The van der Waals surface area contributed by atoms with E-state index in [2.05, 4.69) is 29.8 Å². The van der Waals surface area contributed by atoms with Crippen molar-refractivity contribution in [3.05, 3.63) is 29.3 Å². The Morgan fingerprint density at radius 2 is 2.00 bits per heavy atom. The molecule has 33 heavy (non-hydrogen) atoms. The lowest BCUT2D eigenvalue weighted by atomic mass is 9.93. The van der Waals surface area contributed by atoms with Crippen LogP contribution in [-0.2, 0) is 16.1 Å². The molecule has 2 heterocycles. The van der Waals surface area contributed by atoms with Crippen molar-refractivity contribution in [3.63, 3.8) is 0 Å². The predicted molar refractivity (Wildman–Crippen MR) is 128 cm³/mol. The highest BCUT2D eigenvalue weighted by Gasteiger charge is 2.31. The van der Waals surface area contributed by atoms with Crippen molar-refractivity contribution in [2.24, 2.45) is 11.8 Å². The molecule has 2 aliphatic heterocycles. The van der Waals surface area contributed by atoms with Crippen molar-refractivity contribution in [1.29, 1.82) is 0 Å². The highest BCUT2D eigenvalue weighted by atomic mass is 16.4. The molecule has 0 spiro atoms. The number of anilines is 1. The smallest absolute Gasteiger partial charge is 0.305 e. The molecular weight excluding hydrogens is 420 g/mol. The third-order valence-electron chi connectivity index (χ3n) is 6.56. The van der Waals surface area contributed by atoms with Gasteiger partial charge in [0.15, 0.2) is 0 Å². The van der Waals surface area contributed by atoms with Gasteiger partial charge in [-0.15, -0.1) is 0 Å². The summed E-state index contributed by atoms with van der Waals surface area (Å²) in [5.74, 6) is -0.213. The van der Waals surface area contributed by atoms with Gasteiger partial charge in [-0.1, -0.05) is 19.9 Å². The fourth-order valence-corrected chi connectivity index (χ4v) is 4.52. The van der Waals surface area contributed by atoms with Crippen LogP contribution in [0.4, 0.5) is 5.69 Å². The van der Waals surface area contributed by atoms with Gasteiger partial charge in [0.1, 0.15) is 6.04 Å². The molecule has 0 saturated carbocycles. The Hall–Kier alpha value is -2.61. The number of rotatable bonds is 10. The third-order valence-corrected chi connectivity index (χ3v) is 6.56. The molecule has 0 bridgehead atoms. The average Bonchev–Trinajstić information content (AvgIpc) is 2.91. The summed E-state index contributed by atoms with van der Waals surface area (Å²) >= 11 is 0. The molecule has 0 radical (unpaired) electrons. The number of aliphatic carboxylic acids is 1. The molecule has 1 unspecified atom stereocenters. The van der Waals surface area contributed by atoms with E-state index in [9.17, 15) is 19.5 Å². The zero-order valence-electron chi connectivity index (χ0n) is 19.9. The van der Waals surface area contributed by atoms with Crippen molar-refractivity contribution < 1.29 is 19.5 Å². The van der Waals surface area contributed by atoms with Gasteiger partial charge in [-0.25, -0.2) is 0 Å². The molecule has 1 aromatic rings. The molecule has 8 nitrogen and oxygen atoms in total. The van der Waals surface area contributed by atoms with E-state index < -0.39 is 12.0 Å². The molecule has 1 saturated heterocycles. The number of nitrogens with one attached hydrogen (secondary N) is 3. The summed E-state index contributed by atoms with van der Waals surface area (Å²) in [5, 5.41) is 18.8. The number of carbonyl (C=O) groups is 3. The van der Waals surface area contributed by atoms with E-state index in [1.807, 2.05) is 6.07 Å². The maximum atomic E-state index is 13.0. The number of hydrogen-bond acceptors (Lipinski definition) is 5. The SMILES string of the molecule is CC(C)CCN1Cc2ccc(C(=O)NCCCC3CCNCC3)cc2NC(CC(=O)O)C1=O. The maximum absolute atomic E-state index is 13.0. The van der Waals surface area contributed by atoms with Crippen LogP contribution in [-0.4, -0.2) is 60.0 Å². The largest absolute Gasteiger partial charge is 0.481 e. The summed E-state index contributed by atoms with van der Waals surface area (Å²) < 4.78 is 0. The van der Waals surface area contributed by atoms with Crippen LogP contribution in [0.5, 0.6) is 0 Å². The lowest BCUT2D eigenvalue weighted by molar-refractivity contribution is -0.141. The average molecular weight is 459 g/mol. The standard InChI is InChI=1S/C25H38N4O4/c1-17(2)9-13-29-16-20-6-5-19(14-21(20)28-22(25(29)33)15-23(30)31)24(32)27-10-3-4-18-7-11-26-12-8-18/h5-6,14,17-18,22,26,28H,3-4,7-13,15-16H2,1-2H3,(H,27,32)(H,30,31). The van der Waals surface area contributed by atoms with Crippen LogP contribution in [0.3, 0.4) is 0 Å². The summed E-state index contributed by atoms with van der Waals surface area (Å²) in [5.41, 5.74) is 2.06. The topological polar surface area (TPSA) is 111 Å². The van der Waals surface area contributed by atoms with E-state index in [0.29, 0.717) is 36.8 Å². The number of carbonyl (C=O) groups excluding carboxylic acids is 2. The lowest BCUT2D eigenvalue weighted by Crippen LogP contribution is -2.42. The van der Waals surface area contributed by atoms with Crippen LogP contribution in [0, 0.1) is 11.8 Å². The molecule has 182 valence electrons. The molecule has 8 heteroatoms. The number of carboxylic acid groups (broad SMARTS) is 1. The van der Waals surface area contributed by atoms with Crippen LogP contribution >= 0.6 is 0 Å². The first-order valence-corrected chi connectivity index (χ1v) is 12.2. The first kappa shape index (κ1) is 25.0. The monoisotopic (exact) mass is 458 g/mol. The fourth-order valence-electron chi connectivity index (χ4n) is 4.52. The lowest BCUT2D eigenvalue weighted by Gasteiger charge is -2.24. The van der Waals surface area contributed by atoms with Crippen molar-refractivity contribution in [1.82, 2.24) is 15.5 Å². The van der Waals surface area contributed by atoms with Gasteiger partial charge < -0.3 is 26.0 Å². The van der Waals surface area contributed by atoms with Gasteiger partial charge in [-0.3, -0.25) is 14.4 Å². The quantitative estimate of drug-likeness (QED) is 0.401. The van der Waals surface area contributed by atoms with Gasteiger partial charge in [0.05, 0.1) is 6.42 Å². The minimum absolute atomic E-state index is 0.146. The second-order valence-electron chi connectivity index (χ2n) is 9.70. The first-order valence-electron chi connectivity index (χ1n) is 12.2. The van der Waals surface area contributed by atoms with Crippen LogP contribution in [0.2, 0.25) is 0 Å². The van der Waals surface area contributed by atoms with Crippen LogP contribution < -0.4 is 16.0 Å². The molecule has 3 rings (SSSR count). The van der Waals surface area contributed by atoms with E-state index in [4.69, 9.17) is 0 Å². The highest BCUT2D eigenvalue weighted by Crippen LogP contribution is 2.26. The summed E-state index contributed by atoms with van der Waals surface area (Å²) in [6, 6.07) is 4.54. The van der Waals surface area contributed by atoms with Gasteiger partial charge in [0.25, 0.3) is 5.91 Å². The van der Waals surface area contributed by atoms with Crippen molar-refractivity contribution >= 4 is 23.5 Å². The fraction of sp³-hybridized carbons (Fsp3) is 0.640. The molecule has 1 atom stereocenters. The zero-order valence-corrected chi connectivity index (χ0v) is 19.9. The molecular formula is C25H38N4O4. The van der Waals surface area contributed by atoms with Crippen molar-refractivity contribution in [2.45, 2.75) is 65.0 Å². The summed E-state index contributed by atoms with van der Waals surface area (Å²) in [6.45, 7) is 7.98. The first-order chi connectivity index (χ1) is 15.8. The number of hydrogen-bond donors (Lipinski definition) is 4. The van der Waals surface area contributed by atoms with E-state index in [1.54, 1.807) is 17.0 Å². The van der Waals surface area contributed by atoms with Gasteiger partial charge in [-0.05, 0) is 74.7 Å². The summed E-state index contributed by atoms with van der Waals surface area (Å²) in [6.07, 6.45) is 5.03. The van der Waals surface area contributed by atoms with E-state index in [-0.39, 0.29) is 18.2 Å². The van der Waals surface area contributed by atoms with Gasteiger partial charge >= 0.3 is 5.97 Å². The molecule has 0 aromatic heterocycles. The number of amides is 2. The van der Waals surface area contributed by atoms with Crippen LogP contribution in [0.15, 0.2) is 18.2 Å². The predicted octanol–water partition coefficient (Wildman–Crippen LogP) is 2.84. The van der Waals surface area contributed by atoms with E-state index >= 15 is 0 Å². The Balaban J connectivity index is 1.64. The number of nitrogens with zero attached hydrogens (tertiary/aromatic N) is 1. The van der Waals surface area contributed by atoms with Gasteiger partial charge in [0, 0.05) is 30.9 Å². The number of piperidine rings is 1. The van der Waals surface area contributed by atoms with E-state index in [0.717, 1.165) is 43.8 Å². The number of fused-ring (bicyclic) bond motifs is 1. The number of carboxylic acids is 1. The third kappa shape index (κ3) is 7.45. The Bertz CT molecular complexity index is 836. The van der Waals surface area contributed by atoms with Crippen molar-refractivity contribution in [3.8, 4) is 0 Å². The van der Waals surface area contributed by atoms with Crippen molar-refractivity contribution in [2.75, 3.05) is 31.5 Å². The molecule has 1 aromatic carbocycles. The Kier molecular flexibility index (Phi) is 9.11. The second kappa shape index (κ2) is 12.0. The second-order valence-corrected chi connectivity index (χ2v) is 9.70. The Labute approximate surface area is 196 Å². The highest BCUT2D eigenvalue weighted by molar-refractivity contribution is 5.96. The number of benzene rings is 1. The Morgan fingerprint density at radius 3 is 2.70 bits per heavy atom. The Morgan fingerprint density at radius 1 is 1.24 bits per heavy atom. The van der Waals surface area contributed by atoms with Gasteiger partial charge in [-0.2, -0.15) is 0 Å². The van der Waals surface area contributed by atoms with Crippen LogP contribution in [0.25, 0.3) is 0 Å². The summed E-state index contributed by atoms with van der Waals surface area (Å²) in [4.78, 5) is 38.8. The molecule has 0 aliphatic carbocycles. The minimum atomic E-state index is -1.03. The molecule has 2 aliphatic rings. The molecule has 4 N–H and O–H groups in total. The normalized spacial score (nSPS) is 19.1. The maximum Gasteiger partial charge on any atom is 0.305 e. The van der Waals surface area contributed by atoms with Crippen LogP contribution in [0.1, 0.15) is 68.3 Å². The molecule has 2 amide bonds. The molecule has 1 fully saturated rings.